The van der Waals surface area contributed by atoms with E-state index in [-0.39, 0.29) is 29.3 Å². The molecule has 0 bridgehead atoms. The fraction of sp³-hybridized carbons (Fsp3) is 0.190. The number of nitrogens with zero attached hydrogens (tertiary/aromatic N) is 3. The smallest absolute Gasteiger partial charge is 0.387 e. The molecule has 0 radical (unpaired) electrons. The van der Waals surface area contributed by atoms with E-state index in [1.807, 2.05) is 0 Å². The summed E-state index contributed by atoms with van der Waals surface area (Å²) in [4.78, 5) is 25.1. The molecule has 4 rings (SSSR count). The molecular formula is C21H17F3N4O5S. The first-order chi connectivity index (χ1) is 16.2. The topological polar surface area (TPSA) is 111 Å². The zero-order chi connectivity index (χ0) is 24.5. The van der Waals surface area contributed by atoms with Gasteiger partial charge in [-0.2, -0.15) is 26.4 Å². The van der Waals surface area contributed by atoms with Crippen molar-refractivity contribution in [1.82, 2.24) is 19.4 Å². The van der Waals surface area contributed by atoms with Gasteiger partial charge in [0.15, 0.2) is 0 Å². The van der Waals surface area contributed by atoms with Gasteiger partial charge in [0.25, 0.3) is 15.9 Å². The lowest BCUT2D eigenvalue weighted by molar-refractivity contribution is -0.135. The van der Waals surface area contributed by atoms with E-state index >= 15 is 0 Å². The van der Waals surface area contributed by atoms with E-state index in [1.165, 1.54) is 35.4 Å². The Bertz CT molecular complexity index is 1300. The number of rotatable bonds is 8. The maximum Gasteiger partial charge on any atom is 0.387 e. The van der Waals surface area contributed by atoms with Crippen LogP contribution in [0.1, 0.15) is 22.9 Å². The number of nitrogens with one attached hydrogen (secondary N) is 1. The lowest BCUT2D eigenvalue weighted by Crippen LogP contribution is -2.38. The van der Waals surface area contributed by atoms with Crippen molar-refractivity contribution in [3.05, 3.63) is 77.4 Å². The predicted octanol–water partition coefficient (Wildman–Crippen LogP) is 2.19. The molecular weight excluding hydrogens is 477 g/mol. The van der Waals surface area contributed by atoms with Crippen LogP contribution in [-0.4, -0.2) is 41.4 Å². The molecule has 13 heteroatoms. The molecule has 34 heavy (non-hydrogen) atoms. The minimum atomic E-state index is -4.12. The van der Waals surface area contributed by atoms with Gasteiger partial charge in [-0.25, -0.2) is 4.39 Å². The van der Waals surface area contributed by atoms with Crippen molar-refractivity contribution in [2.45, 2.75) is 30.6 Å². The number of halogens is 3. The normalized spacial score (nSPS) is 14.1. The molecule has 1 atom stereocenters. The van der Waals surface area contributed by atoms with Crippen LogP contribution in [0.2, 0.25) is 0 Å². The van der Waals surface area contributed by atoms with E-state index in [9.17, 15) is 31.2 Å². The highest BCUT2D eigenvalue weighted by atomic mass is 32.2. The van der Waals surface area contributed by atoms with Gasteiger partial charge in [0.2, 0.25) is 6.41 Å². The number of hydrogen-bond donors (Lipinski definition) is 1. The first-order valence-corrected chi connectivity index (χ1v) is 11.3. The van der Waals surface area contributed by atoms with Gasteiger partial charge in [0.1, 0.15) is 17.6 Å². The molecule has 1 aromatic heterocycles. The molecule has 0 fully saturated rings. The van der Waals surface area contributed by atoms with E-state index in [4.69, 9.17) is 0 Å². The zero-order valence-electron chi connectivity index (χ0n) is 17.3. The predicted molar refractivity (Wildman–Crippen MR) is 110 cm³/mol. The summed E-state index contributed by atoms with van der Waals surface area (Å²) in [5.74, 6) is -1.44. The number of hydrogen-bond acceptors (Lipinski definition) is 6. The highest BCUT2D eigenvalue weighted by Gasteiger charge is 2.34. The molecule has 1 aliphatic rings. The molecule has 1 unspecified atom stereocenters. The average molecular weight is 494 g/mol. The second kappa shape index (κ2) is 9.17. The van der Waals surface area contributed by atoms with Crippen LogP contribution < -0.4 is 10.1 Å². The summed E-state index contributed by atoms with van der Waals surface area (Å²) in [7, 11) is -4.12. The minimum absolute atomic E-state index is 0.00363. The van der Waals surface area contributed by atoms with Gasteiger partial charge in [-0.1, -0.05) is 18.2 Å². The molecule has 0 aliphatic carbocycles. The van der Waals surface area contributed by atoms with Crippen molar-refractivity contribution in [2.24, 2.45) is 0 Å². The number of aromatic nitrogens is 2. The Kier molecular flexibility index (Phi) is 6.28. The van der Waals surface area contributed by atoms with Gasteiger partial charge in [0, 0.05) is 23.9 Å². The van der Waals surface area contributed by atoms with Crippen LogP contribution in [0.5, 0.6) is 5.75 Å². The summed E-state index contributed by atoms with van der Waals surface area (Å²) in [6.45, 7) is -3.10. The number of amides is 2. The van der Waals surface area contributed by atoms with Crippen LogP contribution in [0.3, 0.4) is 0 Å². The summed E-state index contributed by atoms with van der Waals surface area (Å²) in [6, 6.07) is 8.70. The maximum absolute atomic E-state index is 14.2. The molecule has 0 spiro atoms. The Morgan fingerprint density at radius 1 is 1.12 bits per heavy atom. The van der Waals surface area contributed by atoms with Crippen molar-refractivity contribution in [1.29, 1.82) is 0 Å². The number of carbonyl (C=O) groups excluding carboxylic acids is 2. The van der Waals surface area contributed by atoms with Gasteiger partial charge in [0.05, 0.1) is 17.1 Å². The van der Waals surface area contributed by atoms with Crippen LogP contribution in [-0.2, 0) is 32.7 Å². The Balaban J connectivity index is 1.52. The minimum Gasteiger partial charge on any atom is -0.435 e. The van der Waals surface area contributed by atoms with Gasteiger partial charge >= 0.3 is 6.61 Å². The van der Waals surface area contributed by atoms with Gasteiger partial charge in [-0.15, -0.1) is 0 Å². The molecule has 0 saturated heterocycles. The Morgan fingerprint density at radius 3 is 2.44 bits per heavy atom. The molecule has 9 nitrogen and oxygen atoms in total. The Morgan fingerprint density at radius 2 is 1.82 bits per heavy atom. The fourth-order valence-corrected chi connectivity index (χ4v) is 4.73. The number of alkyl halides is 2. The van der Waals surface area contributed by atoms with Crippen molar-refractivity contribution in [3.8, 4) is 5.75 Å². The molecule has 0 saturated carbocycles. The van der Waals surface area contributed by atoms with E-state index in [0.29, 0.717) is 17.7 Å². The number of benzene rings is 2. The third-order valence-corrected chi connectivity index (χ3v) is 6.71. The zero-order valence-corrected chi connectivity index (χ0v) is 18.1. The molecule has 2 aromatic carbocycles. The Labute approximate surface area is 191 Å². The van der Waals surface area contributed by atoms with Crippen molar-refractivity contribution >= 4 is 22.3 Å². The maximum atomic E-state index is 14.2. The largest absolute Gasteiger partial charge is 0.435 e. The summed E-state index contributed by atoms with van der Waals surface area (Å²) in [6.07, 6.45) is 1.54. The van der Waals surface area contributed by atoms with Gasteiger partial charge in [-0.05, 0) is 30.3 Å². The monoisotopic (exact) mass is 494 g/mol. The highest BCUT2D eigenvalue weighted by Crippen LogP contribution is 2.28. The first kappa shape index (κ1) is 23.3. The van der Waals surface area contributed by atoms with Crippen LogP contribution in [0, 0.1) is 5.82 Å². The number of fused-ring (bicyclic) bond motifs is 1. The van der Waals surface area contributed by atoms with Crippen molar-refractivity contribution in [3.63, 3.8) is 0 Å². The van der Waals surface area contributed by atoms with Gasteiger partial charge in [-0.3, -0.25) is 9.59 Å². The van der Waals surface area contributed by atoms with Gasteiger partial charge < -0.3 is 15.0 Å². The van der Waals surface area contributed by atoms with Crippen molar-refractivity contribution < 1.29 is 35.9 Å². The quantitative estimate of drug-likeness (QED) is 0.481. The summed E-state index contributed by atoms with van der Waals surface area (Å²) >= 11 is 0. The summed E-state index contributed by atoms with van der Waals surface area (Å²) in [5, 5.41) is 6.38. The van der Waals surface area contributed by atoms with E-state index < -0.39 is 34.4 Å². The van der Waals surface area contributed by atoms with Crippen LogP contribution in [0.25, 0.3) is 0 Å². The Hall–Kier alpha value is -3.87. The molecule has 2 amide bonds. The standard InChI is InChI=1S/C21H17F3N4O5S/c22-17-4-2-1-3-16(17)19(25-12-29)20(30)27-9-13-10-28(26-18(13)11-27)34(31,32)15-7-5-14(6-8-15)33-21(23)24/h1-8,10,12,19,21H,9,11H2,(H,25,29). The molecule has 1 aliphatic heterocycles. The molecule has 1 N–H and O–H groups in total. The lowest BCUT2D eigenvalue weighted by Gasteiger charge is -2.23. The molecule has 178 valence electrons. The number of carbonyl (C=O) groups is 2. The number of ether oxygens (including phenoxy) is 1. The third-order valence-electron chi connectivity index (χ3n) is 5.16. The van der Waals surface area contributed by atoms with E-state index in [1.54, 1.807) is 0 Å². The second-order valence-electron chi connectivity index (χ2n) is 7.26. The van der Waals surface area contributed by atoms with Crippen LogP contribution >= 0.6 is 0 Å². The van der Waals surface area contributed by atoms with Crippen LogP contribution in [0.4, 0.5) is 13.2 Å². The highest BCUT2D eigenvalue weighted by molar-refractivity contribution is 7.89. The van der Waals surface area contributed by atoms with E-state index in [2.05, 4.69) is 15.2 Å². The average Bonchev–Trinajstić information content (AvgIpc) is 3.38. The first-order valence-electron chi connectivity index (χ1n) is 9.81. The molecule has 2 heterocycles. The van der Waals surface area contributed by atoms with Crippen LogP contribution in [0.15, 0.2) is 59.6 Å². The summed E-state index contributed by atoms with van der Waals surface area (Å²) in [5.41, 5.74) is 0.761. The summed E-state index contributed by atoms with van der Waals surface area (Å²) < 4.78 is 69.4. The van der Waals surface area contributed by atoms with Crippen molar-refractivity contribution in [2.75, 3.05) is 0 Å². The lowest BCUT2D eigenvalue weighted by atomic mass is 10.1. The fourth-order valence-electron chi connectivity index (χ4n) is 3.56. The molecule has 3 aromatic rings. The van der Waals surface area contributed by atoms with E-state index in [0.717, 1.165) is 28.4 Å². The SMILES string of the molecule is O=CNC(C(=O)N1Cc2cn(S(=O)(=O)c3ccc(OC(F)F)cc3)nc2C1)c1ccccc1F. The third kappa shape index (κ3) is 4.46. The second-order valence-corrected chi connectivity index (χ2v) is 9.06.